The molecule has 0 saturated heterocycles. The van der Waals surface area contributed by atoms with Gasteiger partial charge >= 0.3 is 0 Å². The van der Waals surface area contributed by atoms with Crippen molar-refractivity contribution in [2.24, 2.45) is 0 Å². The van der Waals surface area contributed by atoms with Gasteiger partial charge in [-0.25, -0.2) is 0 Å². The molecule has 72 heavy (non-hydrogen) atoms. The Morgan fingerprint density at radius 1 is 0.361 bits per heavy atom. The average Bonchev–Trinajstić information content (AvgIpc) is 4.12. The highest BCUT2D eigenvalue weighted by Crippen LogP contribution is 2.61. The second-order valence-corrected chi connectivity index (χ2v) is 20.5. The van der Waals surface area contributed by atoms with Crippen LogP contribution in [0.15, 0.2) is 217 Å². The molecule has 20 rings (SSSR count). The van der Waals surface area contributed by atoms with E-state index < -0.39 is 0 Å². The fourth-order valence-corrected chi connectivity index (χ4v) is 14.7. The maximum absolute atomic E-state index is 7.09. The number of para-hydroxylation sites is 1. The van der Waals surface area contributed by atoms with E-state index >= 15 is 0 Å². The van der Waals surface area contributed by atoms with Crippen LogP contribution in [0.1, 0.15) is 90.7 Å². The van der Waals surface area contributed by atoms with Gasteiger partial charge in [-0.1, -0.05) is 176 Å². The number of rotatable bonds is 3. The minimum absolute atomic E-state index is 0.0377. The van der Waals surface area contributed by atoms with Crippen molar-refractivity contribution in [1.82, 2.24) is 14.4 Å². The summed E-state index contributed by atoms with van der Waals surface area (Å²) >= 11 is 0. The molecular weight excluding hydrogens is 875 g/mol. The van der Waals surface area contributed by atoms with Gasteiger partial charge in [0, 0.05) is 55.3 Å². The summed E-state index contributed by atoms with van der Waals surface area (Å²) in [6.45, 7) is 0. The van der Waals surface area contributed by atoms with Crippen molar-refractivity contribution in [2.75, 3.05) is 0 Å². The second kappa shape index (κ2) is 13.4. The van der Waals surface area contributed by atoms with Crippen LogP contribution < -0.4 is 0 Å². The number of pyridine rings is 2. The molecule has 0 atom stereocenters. The van der Waals surface area contributed by atoms with Crippen molar-refractivity contribution in [3.05, 3.63) is 280 Å². The predicted octanol–water partition coefficient (Wildman–Crippen LogP) is 16.5. The summed E-state index contributed by atoms with van der Waals surface area (Å²) in [7, 11) is 0. The molecule has 332 valence electrons. The molecule has 0 aliphatic heterocycles. The Hall–Kier alpha value is -9.12. The maximum atomic E-state index is 7.09. The third kappa shape index (κ3) is 4.52. The third-order valence-electron chi connectivity index (χ3n) is 17.3. The van der Waals surface area contributed by atoms with Gasteiger partial charge in [-0.05, 0) is 102 Å². The first kappa shape index (κ1) is 37.7. The molecule has 0 radical (unpaired) electrons. The fourth-order valence-electron chi connectivity index (χ4n) is 14.7. The fraction of sp³-hybridized carbons (Fsp3) is 0.0588. The summed E-state index contributed by atoms with van der Waals surface area (Å²) in [6.07, 6.45) is 4.39. The number of hydrogen-bond donors (Lipinski definition) is 0. The van der Waals surface area contributed by atoms with Crippen molar-refractivity contribution in [3.63, 3.8) is 0 Å². The largest absolute Gasteiger partial charge is 0.455 e. The Balaban J connectivity index is 1.05. The first-order valence-electron chi connectivity index (χ1n) is 25.3. The highest BCUT2D eigenvalue weighted by molar-refractivity contribution is 6.27. The van der Waals surface area contributed by atoms with Crippen LogP contribution in [0.4, 0.5) is 0 Å². The summed E-state index contributed by atoms with van der Waals surface area (Å²) in [5.74, 6) is 0.172. The lowest BCUT2D eigenvalue weighted by molar-refractivity contribution is 0.670. The molecule has 0 amide bonds. The van der Waals surface area contributed by atoms with Crippen LogP contribution in [0, 0.1) is 0 Å². The normalized spacial score (nSPS) is 17.7. The van der Waals surface area contributed by atoms with Crippen LogP contribution in [0.2, 0.25) is 0 Å². The molecule has 14 aromatic rings. The van der Waals surface area contributed by atoms with Crippen LogP contribution in [-0.2, 0) is 0 Å². The van der Waals surface area contributed by atoms with E-state index in [0.29, 0.717) is 0 Å². The van der Waals surface area contributed by atoms with Crippen molar-refractivity contribution in [3.8, 4) is 33.4 Å². The number of fused-ring (bicyclic) bond motifs is 9. The van der Waals surface area contributed by atoms with E-state index in [-0.39, 0.29) is 23.7 Å². The summed E-state index contributed by atoms with van der Waals surface area (Å²) in [5.41, 5.74) is 28.2. The summed E-state index contributed by atoms with van der Waals surface area (Å²) in [5, 5.41) is 7.28. The zero-order valence-corrected chi connectivity index (χ0v) is 38.8. The number of nitrogens with zero attached hydrogens (tertiary/aromatic N) is 3. The average molecular weight is 914 g/mol. The van der Waals surface area contributed by atoms with E-state index in [2.05, 4.69) is 217 Å². The van der Waals surface area contributed by atoms with Crippen LogP contribution in [0.3, 0.4) is 0 Å². The lowest BCUT2D eigenvalue weighted by atomic mass is 9.62. The van der Waals surface area contributed by atoms with E-state index in [1.165, 1.54) is 99.6 Å². The monoisotopic (exact) mass is 913 g/mol. The van der Waals surface area contributed by atoms with Gasteiger partial charge in [0.25, 0.3) is 0 Å². The molecule has 6 aliphatic carbocycles. The molecule has 5 heterocycles. The van der Waals surface area contributed by atoms with Gasteiger partial charge < -0.3 is 8.82 Å². The molecule has 0 fully saturated rings. The van der Waals surface area contributed by atoms with Gasteiger partial charge in [0.2, 0.25) is 0 Å². The molecule has 4 nitrogen and oxygen atoms in total. The van der Waals surface area contributed by atoms with Crippen LogP contribution in [-0.4, -0.2) is 14.4 Å². The van der Waals surface area contributed by atoms with Gasteiger partial charge in [-0.15, -0.1) is 0 Å². The first-order valence-corrected chi connectivity index (χ1v) is 25.3. The van der Waals surface area contributed by atoms with Crippen molar-refractivity contribution < 1.29 is 4.42 Å². The molecule has 4 bridgehead atoms. The Bertz CT molecular complexity index is 4430. The van der Waals surface area contributed by atoms with E-state index in [9.17, 15) is 0 Å². The molecule has 0 saturated carbocycles. The Kier molecular flexibility index (Phi) is 7.02. The number of aromatic nitrogens is 3. The predicted molar refractivity (Wildman–Crippen MR) is 290 cm³/mol. The Morgan fingerprint density at radius 3 is 1.29 bits per heavy atom. The number of furan rings is 1. The summed E-state index contributed by atoms with van der Waals surface area (Å²) < 4.78 is 9.63. The van der Waals surface area contributed by atoms with Crippen LogP contribution in [0.5, 0.6) is 0 Å². The first-order chi connectivity index (χ1) is 35.8. The second-order valence-electron chi connectivity index (χ2n) is 20.5. The standard InChI is InChI=1S/C68H39N3O/c1-3-17-36(18-4-1)48-33-49-39-21-15-16-30-54(39)72-68(49)56(37-19-5-2-6-20-37)55(48)38-31-50-61-52(34-69-65-59-44-26-11-7-22-40(44)57(63(61)65)41-23-8-12-27-45(41)59)71-53-35-70-66-60-46-28-13-9-24-42(46)58(43-25-10-14-29-47(43)60)64(66)62(53)51(32-38)67(50)71/h1-35,57-60H. The zero-order valence-electron chi connectivity index (χ0n) is 38.8. The lowest BCUT2D eigenvalue weighted by Crippen LogP contribution is -2.28. The quantitative estimate of drug-likeness (QED) is 0.177. The summed E-state index contributed by atoms with van der Waals surface area (Å²) in [6, 6.07) is 74.3. The highest BCUT2D eigenvalue weighted by Gasteiger charge is 2.46. The van der Waals surface area contributed by atoms with Crippen molar-refractivity contribution in [1.29, 1.82) is 0 Å². The Labute approximate surface area is 413 Å². The van der Waals surface area contributed by atoms with Gasteiger partial charge in [0.1, 0.15) is 11.2 Å². The topological polar surface area (TPSA) is 43.3 Å². The SMILES string of the molecule is c1ccc(-c2cc3c(oc4ccccc43)c(-c3ccccc3)c2-c2cc3c4c5c(ncc4n4c6cnc7c(c6c(c2)c34)C2c3ccccc3C7c3ccccc32)C2c3ccccc3C5c3ccccc32)cc1. The number of hydrogen-bond acceptors (Lipinski definition) is 3. The smallest absolute Gasteiger partial charge is 0.143 e. The maximum Gasteiger partial charge on any atom is 0.143 e. The molecule has 0 unspecified atom stereocenters. The van der Waals surface area contributed by atoms with E-state index in [0.717, 1.165) is 60.8 Å². The molecule has 0 N–H and O–H groups in total. The van der Waals surface area contributed by atoms with Gasteiger partial charge in [0.15, 0.2) is 0 Å². The minimum atomic E-state index is 0.0377. The van der Waals surface area contributed by atoms with Gasteiger partial charge in [-0.3, -0.25) is 9.97 Å². The highest BCUT2D eigenvalue weighted by atomic mass is 16.3. The van der Waals surface area contributed by atoms with Gasteiger partial charge in [0.05, 0.1) is 52.2 Å². The molecule has 0 spiro atoms. The third-order valence-corrected chi connectivity index (χ3v) is 17.3. The van der Waals surface area contributed by atoms with E-state index in [4.69, 9.17) is 14.4 Å². The molecule has 9 aromatic carbocycles. The van der Waals surface area contributed by atoms with Gasteiger partial charge in [-0.2, -0.15) is 0 Å². The zero-order chi connectivity index (χ0) is 46.5. The summed E-state index contributed by atoms with van der Waals surface area (Å²) in [4.78, 5) is 11.2. The lowest BCUT2D eigenvalue weighted by Gasteiger charge is -2.41. The van der Waals surface area contributed by atoms with E-state index in [1.807, 2.05) is 0 Å². The Morgan fingerprint density at radius 2 is 0.792 bits per heavy atom. The van der Waals surface area contributed by atoms with Crippen molar-refractivity contribution >= 4 is 60.0 Å². The van der Waals surface area contributed by atoms with E-state index in [1.54, 1.807) is 0 Å². The number of benzene rings is 9. The molecule has 6 aliphatic rings. The van der Waals surface area contributed by atoms with Crippen molar-refractivity contribution in [2.45, 2.75) is 23.7 Å². The van der Waals surface area contributed by atoms with Crippen LogP contribution in [0.25, 0.3) is 93.4 Å². The molecule has 5 aromatic heterocycles. The minimum Gasteiger partial charge on any atom is -0.455 e. The van der Waals surface area contributed by atoms with Crippen LogP contribution >= 0.6 is 0 Å². The molecular formula is C68H39N3O. The molecule has 4 heteroatoms.